The second kappa shape index (κ2) is 8.56. The summed E-state index contributed by atoms with van der Waals surface area (Å²) in [7, 11) is -3.73. The van der Waals surface area contributed by atoms with E-state index in [4.69, 9.17) is 0 Å². The summed E-state index contributed by atoms with van der Waals surface area (Å²) in [5, 5.41) is 2.96. The molecule has 0 saturated carbocycles. The molecule has 7 nitrogen and oxygen atoms in total. The molecule has 3 aromatic rings. The molecular weight excluding hydrogens is 408 g/mol. The van der Waals surface area contributed by atoms with Crippen LogP contribution in [0, 0.1) is 5.92 Å². The minimum absolute atomic E-state index is 0.0886. The summed E-state index contributed by atoms with van der Waals surface area (Å²) < 4.78 is 36.1. The van der Waals surface area contributed by atoms with Gasteiger partial charge in [-0.25, -0.2) is 8.42 Å². The van der Waals surface area contributed by atoms with Gasteiger partial charge in [-0.05, 0) is 37.0 Å². The van der Waals surface area contributed by atoms with E-state index in [1.807, 2.05) is 30.3 Å². The highest BCUT2D eigenvalue weighted by molar-refractivity contribution is 7.89. The summed E-state index contributed by atoms with van der Waals surface area (Å²) in [6.45, 7) is 1.13. The smallest absolute Gasteiger partial charge is 0.245 e. The third-order valence-corrected chi connectivity index (χ3v) is 7.62. The van der Waals surface area contributed by atoms with Gasteiger partial charge in [-0.2, -0.15) is 13.1 Å². The summed E-state index contributed by atoms with van der Waals surface area (Å²) in [6.07, 6.45) is 2.09. The Morgan fingerprint density at radius 3 is 2.79 bits per heavy atom. The van der Waals surface area contributed by atoms with Gasteiger partial charge in [0.25, 0.3) is 0 Å². The van der Waals surface area contributed by atoms with Crippen LogP contribution in [0.1, 0.15) is 18.4 Å². The summed E-state index contributed by atoms with van der Waals surface area (Å²) in [5.41, 5.74) is 2.13. The van der Waals surface area contributed by atoms with Crippen molar-refractivity contribution >= 4 is 38.7 Å². The Balaban J connectivity index is 1.42. The lowest BCUT2D eigenvalue weighted by atomic mass is 9.99. The van der Waals surface area contributed by atoms with E-state index in [0.717, 1.165) is 23.7 Å². The number of piperidine rings is 1. The fourth-order valence-electron chi connectivity index (χ4n) is 3.62. The summed E-state index contributed by atoms with van der Waals surface area (Å²) in [5.74, 6) is -0.434. The van der Waals surface area contributed by atoms with Crippen molar-refractivity contribution in [3.05, 3.63) is 54.1 Å². The lowest BCUT2D eigenvalue weighted by Gasteiger charge is -2.31. The van der Waals surface area contributed by atoms with Gasteiger partial charge < -0.3 is 5.32 Å². The zero-order valence-corrected chi connectivity index (χ0v) is 17.5. The average Bonchev–Trinajstić information content (AvgIpc) is 3.23. The molecule has 1 aliphatic rings. The SMILES string of the molecule is O=C(NCCc1ccccc1)[C@@H]1CCCN(S(=O)(=O)c2cccc3nsnc23)C1. The number of carbonyl (C=O) groups excluding carboxylic acids is 1. The molecular formula is C20H22N4O3S2. The van der Waals surface area contributed by atoms with E-state index in [2.05, 4.69) is 14.1 Å². The number of benzene rings is 2. The van der Waals surface area contributed by atoms with Gasteiger partial charge in [0.15, 0.2) is 0 Å². The van der Waals surface area contributed by atoms with E-state index in [9.17, 15) is 13.2 Å². The highest BCUT2D eigenvalue weighted by Crippen LogP contribution is 2.28. The van der Waals surface area contributed by atoms with Crippen molar-refractivity contribution < 1.29 is 13.2 Å². The molecule has 0 aliphatic carbocycles. The number of nitrogens with one attached hydrogen (secondary N) is 1. The van der Waals surface area contributed by atoms with Crippen LogP contribution >= 0.6 is 11.7 Å². The van der Waals surface area contributed by atoms with Crippen LogP contribution in [-0.4, -0.2) is 47.0 Å². The van der Waals surface area contributed by atoms with Gasteiger partial charge in [-0.3, -0.25) is 4.79 Å². The number of fused-ring (bicyclic) bond motifs is 1. The Kier molecular flexibility index (Phi) is 5.89. The lowest BCUT2D eigenvalue weighted by molar-refractivity contribution is -0.126. The van der Waals surface area contributed by atoms with Gasteiger partial charge in [0, 0.05) is 19.6 Å². The highest BCUT2D eigenvalue weighted by Gasteiger charge is 2.34. The van der Waals surface area contributed by atoms with E-state index in [1.54, 1.807) is 18.2 Å². The van der Waals surface area contributed by atoms with E-state index in [0.29, 0.717) is 37.0 Å². The Morgan fingerprint density at radius 1 is 1.14 bits per heavy atom. The van der Waals surface area contributed by atoms with E-state index >= 15 is 0 Å². The van der Waals surface area contributed by atoms with Crippen LogP contribution in [0.2, 0.25) is 0 Å². The van der Waals surface area contributed by atoms with Crippen LogP contribution in [-0.2, 0) is 21.2 Å². The monoisotopic (exact) mass is 430 g/mol. The zero-order valence-electron chi connectivity index (χ0n) is 15.8. The molecule has 9 heteroatoms. The Bertz CT molecular complexity index is 1100. The second-order valence-corrected chi connectivity index (χ2v) is 9.55. The van der Waals surface area contributed by atoms with Crippen LogP contribution in [0.3, 0.4) is 0 Å². The Morgan fingerprint density at radius 2 is 1.97 bits per heavy atom. The van der Waals surface area contributed by atoms with Crippen molar-refractivity contribution in [3.8, 4) is 0 Å². The molecule has 1 saturated heterocycles. The molecule has 152 valence electrons. The first-order valence-electron chi connectivity index (χ1n) is 9.59. The van der Waals surface area contributed by atoms with E-state index in [1.165, 1.54) is 4.31 Å². The average molecular weight is 431 g/mol. The second-order valence-electron chi connectivity index (χ2n) is 7.12. The molecule has 0 bridgehead atoms. The van der Waals surface area contributed by atoms with Crippen molar-refractivity contribution in [1.29, 1.82) is 0 Å². The fourth-order valence-corrected chi connectivity index (χ4v) is 5.90. The summed E-state index contributed by atoms with van der Waals surface area (Å²) >= 11 is 0.995. The number of nitrogens with zero attached hydrogens (tertiary/aromatic N) is 3. The highest BCUT2D eigenvalue weighted by atomic mass is 32.2. The summed E-state index contributed by atoms with van der Waals surface area (Å²) in [6, 6.07) is 14.9. The van der Waals surface area contributed by atoms with Gasteiger partial charge in [0.1, 0.15) is 15.9 Å². The van der Waals surface area contributed by atoms with Gasteiger partial charge >= 0.3 is 0 Å². The maximum atomic E-state index is 13.2. The van der Waals surface area contributed by atoms with E-state index < -0.39 is 10.0 Å². The summed E-state index contributed by atoms with van der Waals surface area (Å²) in [4.78, 5) is 12.8. The van der Waals surface area contributed by atoms with E-state index in [-0.39, 0.29) is 23.3 Å². The molecule has 1 atom stereocenters. The molecule has 1 fully saturated rings. The molecule has 4 rings (SSSR count). The van der Waals surface area contributed by atoms with Crippen molar-refractivity contribution in [2.24, 2.45) is 5.92 Å². The Hall–Kier alpha value is -2.36. The predicted octanol–water partition coefficient (Wildman–Crippen LogP) is 2.45. The topological polar surface area (TPSA) is 92.3 Å². The van der Waals surface area contributed by atoms with Gasteiger partial charge in [0.2, 0.25) is 15.9 Å². The minimum atomic E-state index is -3.73. The largest absolute Gasteiger partial charge is 0.355 e. The minimum Gasteiger partial charge on any atom is -0.355 e. The maximum absolute atomic E-state index is 13.2. The standard InChI is InChI=1S/C20H22N4O3S2/c25-20(21-12-11-15-6-2-1-3-7-15)16-8-5-13-24(14-16)29(26,27)18-10-4-9-17-19(18)23-28-22-17/h1-4,6-7,9-10,16H,5,8,11-14H2,(H,21,25)/t16-/m1/s1. The molecule has 0 radical (unpaired) electrons. The quantitative estimate of drug-likeness (QED) is 0.649. The zero-order chi connectivity index (χ0) is 20.3. The third-order valence-electron chi connectivity index (χ3n) is 5.18. The number of carbonyl (C=O) groups is 1. The van der Waals surface area contributed by atoms with Crippen molar-refractivity contribution in [2.45, 2.75) is 24.2 Å². The number of hydrogen-bond acceptors (Lipinski definition) is 6. The number of rotatable bonds is 6. The van der Waals surface area contributed by atoms with Crippen LogP contribution in [0.25, 0.3) is 11.0 Å². The number of hydrogen-bond donors (Lipinski definition) is 1. The normalized spacial score (nSPS) is 18.0. The van der Waals surface area contributed by atoms with Crippen LogP contribution in [0.15, 0.2) is 53.4 Å². The van der Waals surface area contributed by atoms with Crippen LogP contribution in [0.4, 0.5) is 0 Å². The number of sulfonamides is 1. The molecule has 2 aromatic carbocycles. The molecule has 2 heterocycles. The third kappa shape index (κ3) is 4.31. The van der Waals surface area contributed by atoms with Gasteiger partial charge in [0.05, 0.1) is 17.6 Å². The first-order valence-corrected chi connectivity index (χ1v) is 11.8. The van der Waals surface area contributed by atoms with Crippen LogP contribution < -0.4 is 5.32 Å². The van der Waals surface area contributed by atoms with Crippen LogP contribution in [0.5, 0.6) is 0 Å². The van der Waals surface area contributed by atoms with Gasteiger partial charge in [-0.1, -0.05) is 36.4 Å². The molecule has 29 heavy (non-hydrogen) atoms. The first-order chi connectivity index (χ1) is 14.1. The van der Waals surface area contributed by atoms with Crippen molar-refractivity contribution in [2.75, 3.05) is 19.6 Å². The molecule has 1 aliphatic heterocycles. The first kappa shape index (κ1) is 19.9. The number of amides is 1. The maximum Gasteiger partial charge on any atom is 0.245 e. The molecule has 1 N–H and O–H groups in total. The lowest BCUT2D eigenvalue weighted by Crippen LogP contribution is -2.45. The predicted molar refractivity (Wildman–Crippen MR) is 112 cm³/mol. The fraction of sp³-hybridized carbons (Fsp3) is 0.350. The number of aromatic nitrogens is 2. The molecule has 0 unspecified atom stereocenters. The Labute approximate surface area is 174 Å². The molecule has 1 aromatic heterocycles. The van der Waals surface area contributed by atoms with Gasteiger partial charge in [-0.15, -0.1) is 0 Å². The molecule has 1 amide bonds. The van der Waals surface area contributed by atoms with Crippen molar-refractivity contribution in [1.82, 2.24) is 18.4 Å². The van der Waals surface area contributed by atoms with Crippen molar-refractivity contribution in [3.63, 3.8) is 0 Å². The molecule has 0 spiro atoms.